The zero-order valence-electron chi connectivity index (χ0n) is 18.7. The Bertz CT molecular complexity index is 961. The second-order valence-electron chi connectivity index (χ2n) is 9.12. The number of nitrogens with zero attached hydrogens (tertiary/aromatic N) is 2. The number of β-amino-alcohol motifs (C(OH)–C–C–N with tert-alkyl or cyclic N) is 1. The van der Waals surface area contributed by atoms with E-state index in [1.165, 1.54) is 16.7 Å². The van der Waals surface area contributed by atoms with Crippen LogP contribution < -0.4 is 4.90 Å². The van der Waals surface area contributed by atoms with Crippen LogP contribution in [0.15, 0.2) is 30.9 Å². The minimum absolute atomic E-state index is 0.00300. The molecule has 3 saturated heterocycles. The largest absolute Gasteiger partial charge is 0.481 e. The van der Waals surface area contributed by atoms with Crippen LogP contribution in [0.1, 0.15) is 24.5 Å². The molecule has 2 bridgehead atoms. The van der Waals surface area contributed by atoms with Crippen LogP contribution in [0.25, 0.3) is 0 Å². The predicted molar refractivity (Wildman–Crippen MR) is 124 cm³/mol. The van der Waals surface area contributed by atoms with Crippen molar-refractivity contribution >= 4 is 35.2 Å². The number of aryl methyl sites for hydroxylation is 2. The van der Waals surface area contributed by atoms with Crippen molar-refractivity contribution in [3.05, 3.63) is 42.0 Å². The van der Waals surface area contributed by atoms with E-state index in [0.717, 1.165) is 16.8 Å². The van der Waals surface area contributed by atoms with Crippen LogP contribution >= 0.6 is 11.8 Å². The number of carboxylic acid groups (broad SMARTS) is 1. The van der Waals surface area contributed by atoms with E-state index in [2.05, 4.69) is 6.58 Å². The number of carboxylic acids is 1. The maximum Gasteiger partial charge on any atom is 0.308 e. The van der Waals surface area contributed by atoms with Gasteiger partial charge in [-0.2, -0.15) is 0 Å². The number of aliphatic hydroxyl groups is 1. The van der Waals surface area contributed by atoms with Crippen molar-refractivity contribution in [3.8, 4) is 0 Å². The van der Waals surface area contributed by atoms with E-state index in [9.17, 15) is 24.6 Å². The van der Waals surface area contributed by atoms with Crippen molar-refractivity contribution < 1.29 is 24.6 Å². The highest BCUT2D eigenvalue weighted by atomic mass is 32.2. The Morgan fingerprint density at radius 1 is 1.34 bits per heavy atom. The molecule has 3 unspecified atom stereocenters. The van der Waals surface area contributed by atoms with Crippen molar-refractivity contribution in [2.75, 3.05) is 24.6 Å². The molecule has 4 rings (SSSR count). The van der Waals surface area contributed by atoms with Crippen molar-refractivity contribution in [2.45, 2.75) is 43.2 Å². The van der Waals surface area contributed by atoms with Gasteiger partial charge in [0, 0.05) is 24.0 Å². The molecule has 2 amide bonds. The molecule has 1 aromatic carbocycles. The van der Waals surface area contributed by atoms with E-state index in [0.29, 0.717) is 6.42 Å². The maximum atomic E-state index is 14.3. The second kappa shape index (κ2) is 8.23. The fourth-order valence-corrected chi connectivity index (χ4v) is 8.64. The fourth-order valence-electron chi connectivity index (χ4n) is 6.23. The third-order valence-corrected chi connectivity index (χ3v) is 9.47. The Balaban J connectivity index is 1.85. The van der Waals surface area contributed by atoms with Crippen LogP contribution in [0.4, 0.5) is 5.69 Å². The summed E-state index contributed by atoms with van der Waals surface area (Å²) < 4.78 is -0.812. The first-order valence-electron chi connectivity index (χ1n) is 11.0. The number of thioether (sulfide) groups is 1. The van der Waals surface area contributed by atoms with Gasteiger partial charge in [-0.25, -0.2) is 0 Å². The summed E-state index contributed by atoms with van der Waals surface area (Å²) in [5, 5.41) is 19.4. The van der Waals surface area contributed by atoms with Crippen LogP contribution in [0, 0.1) is 31.6 Å². The quantitative estimate of drug-likeness (QED) is 0.608. The van der Waals surface area contributed by atoms with Gasteiger partial charge in [0.15, 0.2) is 0 Å². The normalized spacial score (nSPS) is 32.8. The van der Waals surface area contributed by atoms with Crippen LogP contribution in [0.2, 0.25) is 0 Å². The SMILES string of the molecule is C=CCN(C(=O)C1N(CCO)C(=O)[C@@H]2[C@@H](C(=O)O)[C@H]3CC(C)C12S3)c1c(C)cccc1C. The predicted octanol–water partition coefficient (Wildman–Crippen LogP) is 2.24. The molecule has 8 heteroatoms. The third-order valence-electron chi connectivity index (χ3n) is 7.39. The first-order valence-corrected chi connectivity index (χ1v) is 11.9. The van der Waals surface area contributed by atoms with Gasteiger partial charge < -0.3 is 20.0 Å². The summed E-state index contributed by atoms with van der Waals surface area (Å²) in [5.41, 5.74) is 2.66. The first-order chi connectivity index (χ1) is 15.2. The number of para-hydroxylation sites is 1. The molecule has 7 nitrogen and oxygen atoms in total. The van der Waals surface area contributed by atoms with Gasteiger partial charge in [0.05, 0.1) is 23.2 Å². The topological polar surface area (TPSA) is 98.2 Å². The summed E-state index contributed by atoms with van der Waals surface area (Å²) in [4.78, 5) is 43.0. The average molecular weight is 459 g/mol. The number of rotatable bonds is 7. The zero-order valence-corrected chi connectivity index (χ0v) is 19.5. The summed E-state index contributed by atoms with van der Waals surface area (Å²) >= 11 is 1.50. The lowest BCUT2D eigenvalue weighted by Gasteiger charge is -2.40. The highest BCUT2D eigenvalue weighted by Crippen LogP contribution is 2.68. The number of carbonyl (C=O) groups excluding carboxylic acids is 2. The number of likely N-dealkylation sites (tertiary alicyclic amines) is 1. The number of hydrogen-bond acceptors (Lipinski definition) is 5. The molecule has 3 fully saturated rings. The lowest BCUT2D eigenvalue weighted by atomic mass is 9.66. The van der Waals surface area contributed by atoms with Gasteiger partial charge in [0.2, 0.25) is 5.91 Å². The number of aliphatic hydroxyl groups excluding tert-OH is 1. The van der Waals surface area contributed by atoms with Crippen molar-refractivity contribution in [1.29, 1.82) is 0 Å². The number of anilines is 1. The number of benzene rings is 1. The Morgan fingerprint density at radius 3 is 2.56 bits per heavy atom. The van der Waals surface area contributed by atoms with Gasteiger partial charge >= 0.3 is 5.97 Å². The highest BCUT2D eigenvalue weighted by molar-refractivity contribution is 8.02. The molecule has 6 atom stereocenters. The number of hydrogen-bond donors (Lipinski definition) is 2. The molecule has 3 aliphatic rings. The molecule has 32 heavy (non-hydrogen) atoms. The van der Waals surface area contributed by atoms with E-state index < -0.39 is 28.6 Å². The summed E-state index contributed by atoms with van der Waals surface area (Å²) in [6.45, 7) is 9.72. The van der Waals surface area contributed by atoms with E-state index in [4.69, 9.17) is 0 Å². The minimum atomic E-state index is -0.982. The molecule has 0 saturated carbocycles. The van der Waals surface area contributed by atoms with Gasteiger partial charge in [0.1, 0.15) is 6.04 Å². The monoisotopic (exact) mass is 458 g/mol. The van der Waals surface area contributed by atoms with Crippen LogP contribution in [-0.4, -0.2) is 68.6 Å². The van der Waals surface area contributed by atoms with E-state index >= 15 is 0 Å². The Labute approximate surface area is 192 Å². The van der Waals surface area contributed by atoms with Crippen molar-refractivity contribution in [1.82, 2.24) is 4.90 Å². The van der Waals surface area contributed by atoms with Gasteiger partial charge in [-0.3, -0.25) is 14.4 Å². The standard InChI is InChI=1S/C24H30N2O5S/c1-5-9-25(19-13(2)7-6-8-14(19)3)22(29)20-24-15(4)12-16(32-24)17(23(30)31)18(24)21(28)26(20)10-11-27/h5-8,15-18,20,27H,1,9-12H2,2-4H3,(H,30,31)/t15?,16-,17+,18+,20?,24?/m1/s1. The Morgan fingerprint density at radius 2 is 2.00 bits per heavy atom. The number of amides is 2. The summed E-state index contributed by atoms with van der Waals surface area (Å²) in [6, 6.07) is 4.99. The summed E-state index contributed by atoms with van der Waals surface area (Å²) in [7, 11) is 0. The van der Waals surface area contributed by atoms with Crippen LogP contribution in [-0.2, 0) is 14.4 Å². The summed E-state index contributed by atoms with van der Waals surface area (Å²) in [5.74, 6) is -3.12. The highest BCUT2D eigenvalue weighted by Gasteiger charge is 2.76. The maximum absolute atomic E-state index is 14.3. The lowest BCUT2D eigenvalue weighted by Crippen LogP contribution is -2.57. The third kappa shape index (κ3) is 3.03. The molecule has 3 aliphatic heterocycles. The molecule has 1 spiro atoms. The molecule has 3 heterocycles. The smallest absolute Gasteiger partial charge is 0.308 e. The Kier molecular flexibility index (Phi) is 5.88. The molecule has 0 aliphatic carbocycles. The van der Waals surface area contributed by atoms with Crippen LogP contribution in [0.3, 0.4) is 0 Å². The first kappa shape index (κ1) is 22.9. The number of aliphatic carboxylic acids is 1. The molecule has 1 aromatic rings. The van der Waals surface area contributed by atoms with Crippen molar-refractivity contribution in [2.24, 2.45) is 17.8 Å². The Hall–Kier alpha value is -2.32. The molecule has 2 N–H and O–H groups in total. The average Bonchev–Trinajstić information content (AvgIpc) is 3.31. The van der Waals surface area contributed by atoms with Crippen LogP contribution in [0.5, 0.6) is 0 Å². The molecule has 0 radical (unpaired) electrons. The molecular formula is C24H30N2O5S. The lowest BCUT2D eigenvalue weighted by molar-refractivity contribution is -0.149. The second-order valence-corrected chi connectivity index (χ2v) is 10.7. The molecule has 0 aromatic heterocycles. The number of fused-ring (bicyclic) bond motifs is 1. The van der Waals surface area contributed by atoms with Gasteiger partial charge in [-0.1, -0.05) is 31.2 Å². The van der Waals surface area contributed by atoms with Gasteiger partial charge in [0.25, 0.3) is 5.91 Å². The zero-order chi connectivity index (χ0) is 23.4. The van der Waals surface area contributed by atoms with E-state index in [1.807, 2.05) is 39.0 Å². The fraction of sp³-hybridized carbons (Fsp3) is 0.542. The van der Waals surface area contributed by atoms with E-state index in [-0.39, 0.29) is 42.7 Å². The number of carbonyl (C=O) groups is 3. The minimum Gasteiger partial charge on any atom is -0.481 e. The molecule has 172 valence electrons. The summed E-state index contributed by atoms with van der Waals surface area (Å²) in [6.07, 6.45) is 2.32. The van der Waals surface area contributed by atoms with Gasteiger partial charge in [-0.15, -0.1) is 18.3 Å². The van der Waals surface area contributed by atoms with Crippen molar-refractivity contribution in [3.63, 3.8) is 0 Å². The van der Waals surface area contributed by atoms with Gasteiger partial charge in [-0.05, 0) is 37.3 Å². The van der Waals surface area contributed by atoms with E-state index in [1.54, 1.807) is 11.0 Å². The molecular weight excluding hydrogens is 428 g/mol.